The summed E-state index contributed by atoms with van der Waals surface area (Å²) in [5.74, 6) is 3.52. The molecule has 27 heavy (non-hydrogen) atoms. The Balaban J connectivity index is 2.54. The molecule has 4 nitrogen and oxygen atoms in total. The largest absolute Gasteiger partial charge is 0.368 e. The van der Waals surface area contributed by atoms with Gasteiger partial charge in [-0.3, -0.25) is 0 Å². The van der Waals surface area contributed by atoms with E-state index in [1.54, 1.807) is 12.1 Å². The molecular weight excluding hydrogens is 348 g/mol. The third-order valence-electron chi connectivity index (χ3n) is 5.30. The van der Waals surface area contributed by atoms with Crippen LogP contribution in [0.3, 0.4) is 0 Å². The maximum Gasteiger partial charge on any atom is 0.221 e. The lowest BCUT2D eigenvalue weighted by atomic mass is 10.1. The number of hydrogen-bond donors (Lipinski definition) is 1. The Morgan fingerprint density at radius 3 is 2.15 bits per heavy atom. The molecule has 1 heterocycles. The first-order valence-electron chi connectivity index (χ1n) is 9.39. The lowest BCUT2D eigenvalue weighted by Crippen LogP contribution is -2.43. The molecule has 0 aliphatic heterocycles. The molecule has 140 valence electrons. The van der Waals surface area contributed by atoms with Gasteiger partial charge in [-0.2, -0.15) is 5.26 Å². The number of nitrogens with zero attached hydrogens (tertiary/aromatic N) is 3. The van der Waals surface area contributed by atoms with E-state index in [1.165, 1.54) is 0 Å². The molecule has 0 aliphatic carbocycles. The predicted octanol–water partition coefficient (Wildman–Crippen LogP) is 5.17. The van der Waals surface area contributed by atoms with Crippen LogP contribution in [-0.2, 0) is 0 Å². The fourth-order valence-corrected chi connectivity index (χ4v) is 9.24. The maximum absolute atomic E-state index is 9.12. The molecule has 2 rings (SSSR count). The number of rotatable bonds is 4. The second kappa shape index (κ2) is 8.37. The van der Waals surface area contributed by atoms with Gasteiger partial charge in [0.2, 0.25) is 5.95 Å². The fraction of sp³-hybridized carbons (Fsp3) is 0.409. The molecular formula is C22H28N4Si. The van der Waals surface area contributed by atoms with E-state index in [2.05, 4.69) is 69.0 Å². The van der Waals surface area contributed by atoms with Gasteiger partial charge in [0.15, 0.2) is 0 Å². The SMILES string of the molecule is CC(C)[Si](C#Cc1cc(-c2cccc(C#N)c2)nc(N)n1)(C(C)C)C(C)C. The van der Waals surface area contributed by atoms with Crippen LogP contribution in [0.2, 0.25) is 16.6 Å². The summed E-state index contributed by atoms with van der Waals surface area (Å²) in [6.07, 6.45) is 0. The van der Waals surface area contributed by atoms with Gasteiger partial charge >= 0.3 is 0 Å². The van der Waals surface area contributed by atoms with Gasteiger partial charge in [-0.25, -0.2) is 9.97 Å². The number of anilines is 1. The van der Waals surface area contributed by atoms with E-state index in [4.69, 9.17) is 11.0 Å². The summed E-state index contributed by atoms with van der Waals surface area (Å²) < 4.78 is 0. The summed E-state index contributed by atoms with van der Waals surface area (Å²) in [6, 6.07) is 11.3. The second-order valence-electron chi connectivity index (χ2n) is 7.84. The molecule has 2 aromatic rings. The zero-order chi connectivity index (χ0) is 20.2. The highest BCUT2D eigenvalue weighted by Crippen LogP contribution is 2.40. The molecule has 1 aromatic heterocycles. The van der Waals surface area contributed by atoms with Crippen LogP contribution in [0.15, 0.2) is 30.3 Å². The van der Waals surface area contributed by atoms with E-state index in [9.17, 15) is 0 Å². The van der Waals surface area contributed by atoms with Crippen molar-refractivity contribution in [2.45, 2.75) is 58.2 Å². The van der Waals surface area contributed by atoms with Gasteiger partial charge in [-0.15, -0.1) is 5.54 Å². The molecule has 0 bridgehead atoms. The maximum atomic E-state index is 9.12. The smallest absolute Gasteiger partial charge is 0.221 e. The van der Waals surface area contributed by atoms with Crippen LogP contribution < -0.4 is 5.73 Å². The average molecular weight is 377 g/mol. The normalized spacial score (nSPS) is 11.4. The summed E-state index contributed by atoms with van der Waals surface area (Å²) >= 11 is 0. The number of nitriles is 1. The lowest BCUT2D eigenvalue weighted by molar-refractivity contribution is 0.838. The van der Waals surface area contributed by atoms with E-state index in [0.29, 0.717) is 33.6 Å². The van der Waals surface area contributed by atoms with Gasteiger partial charge in [0, 0.05) is 5.56 Å². The van der Waals surface area contributed by atoms with Crippen LogP contribution in [0.4, 0.5) is 5.95 Å². The van der Waals surface area contributed by atoms with E-state index in [-0.39, 0.29) is 5.95 Å². The molecule has 0 fully saturated rings. The van der Waals surface area contributed by atoms with Crippen molar-refractivity contribution in [3.05, 3.63) is 41.6 Å². The van der Waals surface area contributed by atoms with E-state index >= 15 is 0 Å². The Morgan fingerprint density at radius 1 is 0.963 bits per heavy atom. The monoisotopic (exact) mass is 376 g/mol. The molecule has 0 spiro atoms. The first-order chi connectivity index (χ1) is 12.7. The minimum Gasteiger partial charge on any atom is -0.368 e. The summed E-state index contributed by atoms with van der Waals surface area (Å²) in [4.78, 5) is 8.66. The van der Waals surface area contributed by atoms with Crippen LogP contribution in [0.25, 0.3) is 11.3 Å². The van der Waals surface area contributed by atoms with Crippen molar-refractivity contribution in [1.29, 1.82) is 5.26 Å². The van der Waals surface area contributed by atoms with Gasteiger partial charge in [0.05, 0.1) is 17.3 Å². The molecule has 0 atom stereocenters. The lowest BCUT2D eigenvalue weighted by Gasteiger charge is -2.38. The van der Waals surface area contributed by atoms with Crippen molar-refractivity contribution < 1.29 is 0 Å². The Labute approximate surface area is 163 Å². The van der Waals surface area contributed by atoms with E-state index in [1.807, 2.05) is 18.2 Å². The highest BCUT2D eigenvalue weighted by atomic mass is 28.3. The van der Waals surface area contributed by atoms with Crippen molar-refractivity contribution in [3.8, 4) is 28.8 Å². The third kappa shape index (κ3) is 4.38. The zero-order valence-corrected chi connectivity index (χ0v) is 18.0. The molecule has 0 amide bonds. The minimum atomic E-state index is -1.84. The molecule has 0 aliphatic rings. The third-order valence-corrected chi connectivity index (χ3v) is 11.6. The van der Waals surface area contributed by atoms with Gasteiger partial charge in [-0.05, 0) is 34.8 Å². The first-order valence-corrected chi connectivity index (χ1v) is 11.6. The Hall–Kier alpha value is -2.63. The van der Waals surface area contributed by atoms with Crippen LogP contribution in [0.5, 0.6) is 0 Å². The highest BCUT2D eigenvalue weighted by molar-refractivity contribution is 6.90. The number of hydrogen-bond acceptors (Lipinski definition) is 4. The van der Waals surface area contributed by atoms with Crippen molar-refractivity contribution in [1.82, 2.24) is 9.97 Å². The van der Waals surface area contributed by atoms with Crippen molar-refractivity contribution >= 4 is 14.0 Å². The van der Waals surface area contributed by atoms with E-state index in [0.717, 1.165) is 5.56 Å². The number of aromatic nitrogens is 2. The first kappa shape index (κ1) is 20.7. The van der Waals surface area contributed by atoms with Crippen molar-refractivity contribution in [3.63, 3.8) is 0 Å². The van der Waals surface area contributed by atoms with Crippen molar-refractivity contribution in [2.24, 2.45) is 0 Å². The summed E-state index contributed by atoms with van der Waals surface area (Å²) in [7, 11) is -1.84. The molecule has 2 N–H and O–H groups in total. The number of benzene rings is 1. The van der Waals surface area contributed by atoms with Gasteiger partial charge in [0.25, 0.3) is 0 Å². The second-order valence-corrected chi connectivity index (χ2v) is 13.4. The molecule has 0 unspecified atom stereocenters. The quantitative estimate of drug-likeness (QED) is 0.590. The number of nitrogens with two attached hydrogens (primary N) is 1. The van der Waals surface area contributed by atoms with Gasteiger partial charge in [-0.1, -0.05) is 59.6 Å². The summed E-state index contributed by atoms with van der Waals surface area (Å²) in [5.41, 5.74) is 14.0. The molecule has 0 saturated heterocycles. The van der Waals surface area contributed by atoms with Crippen LogP contribution in [-0.4, -0.2) is 18.0 Å². The minimum absolute atomic E-state index is 0.199. The molecule has 1 aromatic carbocycles. The van der Waals surface area contributed by atoms with Crippen LogP contribution in [0.1, 0.15) is 52.8 Å². The van der Waals surface area contributed by atoms with Crippen LogP contribution in [0, 0.1) is 22.8 Å². The number of nitrogen functional groups attached to an aromatic ring is 1. The van der Waals surface area contributed by atoms with E-state index < -0.39 is 8.07 Å². The summed E-state index contributed by atoms with van der Waals surface area (Å²) in [5, 5.41) is 9.12. The molecule has 0 saturated carbocycles. The standard InChI is InChI=1S/C22H28N4Si/c1-15(2)27(16(3)4,17(5)6)11-10-20-13-21(26-22(24)25-20)19-9-7-8-18(12-19)14-23/h7-9,12-13,15-17H,1-6H3,(H2,24,25,26). The highest BCUT2D eigenvalue weighted by Gasteiger charge is 2.41. The Bertz CT molecular complexity index is 892. The Morgan fingerprint density at radius 2 is 1.59 bits per heavy atom. The molecule has 0 radical (unpaired) electrons. The zero-order valence-electron chi connectivity index (χ0n) is 17.0. The van der Waals surface area contributed by atoms with Crippen LogP contribution >= 0.6 is 0 Å². The Kier molecular flexibility index (Phi) is 6.41. The molecule has 5 heteroatoms. The average Bonchev–Trinajstić information content (AvgIpc) is 2.61. The van der Waals surface area contributed by atoms with Crippen molar-refractivity contribution in [2.75, 3.05) is 5.73 Å². The van der Waals surface area contributed by atoms with Gasteiger partial charge < -0.3 is 5.73 Å². The summed E-state index contributed by atoms with van der Waals surface area (Å²) in [6.45, 7) is 13.7. The fourth-order valence-electron chi connectivity index (χ4n) is 4.03. The predicted molar refractivity (Wildman–Crippen MR) is 115 cm³/mol. The van der Waals surface area contributed by atoms with Gasteiger partial charge in [0.1, 0.15) is 13.8 Å². The topological polar surface area (TPSA) is 75.6 Å².